The van der Waals surface area contributed by atoms with Gasteiger partial charge in [-0.15, -0.1) is 0 Å². The van der Waals surface area contributed by atoms with E-state index in [9.17, 15) is 15.2 Å². The number of phenols is 1. The van der Waals surface area contributed by atoms with E-state index in [0.29, 0.717) is 22.3 Å². The molecule has 0 aliphatic carbocycles. The zero-order chi connectivity index (χ0) is 15.6. The number of nitro groups is 1. The Bertz CT molecular complexity index is 702. The molecule has 2 aromatic rings. The van der Waals surface area contributed by atoms with Crippen molar-refractivity contribution < 1.29 is 10.0 Å². The van der Waals surface area contributed by atoms with Crippen LogP contribution < -0.4 is 5.32 Å². The van der Waals surface area contributed by atoms with Gasteiger partial charge in [-0.2, -0.15) is 0 Å². The van der Waals surface area contributed by atoms with Crippen molar-refractivity contribution in [2.75, 3.05) is 5.32 Å². The Morgan fingerprint density at radius 3 is 2.62 bits per heavy atom. The molecule has 21 heavy (non-hydrogen) atoms. The van der Waals surface area contributed by atoms with Crippen molar-refractivity contribution in [3.63, 3.8) is 0 Å². The summed E-state index contributed by atoms with van der Waals surface area (Å²) in [5.41, 5.74) is 2.99. The molecule has 0 radical (unpaired) electrons. The minimum absolute atomic E-state index is 0.0348. The van der Waals surface area contributed by atoms with Crippen molar-refractivity contribution in [1.82, 2.24) is 0 Å². The molecule has 2 N–H and O–H groups in total. The third kappa shape index (κ3) is 3.33. The molecule has 0 atom stereocenters. The zero-order valence-corrected chi connectivity index (χ0v) is 13.3. The Balaban J connectivity index is 2.29. The molecule has 0 heterocycles. The van der Waals surface area contributed by atoms with Crippen LogP contribution in [0.15, 0.2) is 34.8 Å². The summed E-state index contributed by atoms with van der Waals surface area (Å²) >= 11 is 3.25. The van der Waals surface area contributed by atoms with E-state index in [4.69, 9.17) is 0 Å². The van der Waals surface area contributed by atoms with Gasteiger partial charge in [0.1, 0.15) is 11.4 Å². The van der Waals surface area contributed by atoms with Crippen molar-refractivity contribution in [2.45, 2.75) is 20.4 Å². The van der Waals surface area contributed by atoms with Gasteiger partial charge in [-0.05, 0) is 53.0 Å². The monoisotopic (exact) mass is 350 g/mol. The normalized spacial score (nSPS) is 10.4. The number of hydrogen-bond acceptors (Lipinski definition) is 4. The lowest BCUT2D eigenvalue weighted by Gasteiger charge is -2.11. The fraction of sp³-hybridized carbons (Fsp3) is 0.200. The lowest BCUT2D eigenvalue weighted by molar-refractivity contribution is -0.384. The highest BCUT2D eigenvalue weighted by Crippen LogP contribution is 2.31. The van der Waals surface area contributed by atoms with Crippen LogP contribution in [0.25, 0.3) is 0 Å². The third-order valence-electron chi connectivity index (χ3n) is 3.35. The number of para-hydroxylation sites is 1. The quantitative estimate of drug-likeness (QED) is 0.636. The van der Waals surface area contributed by atoms with Crippen molar-refractivity contribution in [3.8, 4) is 5.75 Å². The molecule has 0 aliphatic rings. The highest BCUT2D eigenvalue weighted by Gasteiger charge is 2.15. The SMILES string of the molecule is Cc1cc(NCc2cccc(Br)c2O)c([N+](=O)[O-])cc1C. The van der Waals surface area contributed by atoms with Crippen LogP contribution in [0.2, 0.25) is 0 Å². The van der Waals surface area contributed by atoms with Gasteiger partial charge in [0, 0.05) is 18.2 Å². The Labute approximate surface area is 130 Å². The van der Waals surface area contributed by atoms with Gasteiger partial charge < -0.3 is 10.4 Å². The van der Waals surface area contributed by atoms with Gasteiger partial charge in [0.25, 0.3) is 5.69 Å². The van der Waals surface area contributed by atoms with E-state index >= 15 is 0 Å². The fourth-order valence-corrected chi connectivity index (χ4v) is 2.39. The first-order chi connectivity index (χ1) is 9.90. The average molecular weight is 351 g/mol. The highest BCUT2D eigenvalue weighted by atomic mass is 79.9. The number of rotatable bonds is 4. The van der Waals surface area contributed by atoms with Gasteiger partial charge in [-0.3, -0.25) is 10.1 Å². The molecule has 0 aromatic heterocycles. The molecule has 5 nitrogen and oxygen atoms in total. The maximum atomic E-state index is 11.1. The van der Waals surface area contributed by atoms with Crippen LogP contribution in [0.1, 0.15) is 16.7 Å². The lowest BCUT2D eigenvalue weighted by Crippen LogP contribution is -2.04. The van der Waals surface area contributed by atoms with Crippen molar-refractivity contribution in [2.24, 2.45) is 0 Å². The maximum Gasteiger partial charge on any atom is 0.292 e. The number of nitrogens with zero attached hydrogens (tertiary/aromatic N) is 1. The summed E-state index contributed by atoms with van der Waals surface area (Å²) in [6.07, 6.45) is 0. The van der Waals surface area contributed by atoms with Gasteiger partial charge in [-0.25, -0.2) is 0 Å². The molecule has 6 heteroatoms. The number of anilines is 1. The average Bonchev–Trinajstić information content (AvgIpc) is 2.43. The van der Waals surface area contributed by atoms with Crippen molar-refractivity contribution in [1.29, 1.82) is 0 Å². The van der Waals surface area contributed by atoms with Gasteiger partial charge >= 0.3 is 0 Å². The molecule has 0 bridgehead atoms. The van der Waals surface area contributed by atoms with Crippen LogP contribution in [0.5, 0.6) is 5.75 Å². The molecule has 0 saturated carbocycles. The van der Waals surface area contributed by atoms with Gasteiger partial charge in [-0.1, -0.05) is 12.1 Å². The number of nitro benzene ring substituents is 1. The second kappa shape index (κ2) is 6.13. The number of hydrogen-bond donors (Lipinski definition) is 2. The number of aromatic hydroxyl groups is 1. The molecule has 2 rings (SSSR count). The molecule has 0 unspecified atom stereocenters. The van der Waals surface area contributed by atoms with E-state index in [1.165, 1.54) is 0 Å². The molecule has 2 aromatic carbocycles. The fourth-order valence-electron chi connectivity index (χ4n) is 1.99. The van der Waals surface area contributed by atoms with E-state index in [-0.39, 0.29) is 11.4 Å². The van der Waals surface area contributed by atoms with E-state index in [1.54, 1.807) is 30.3 Å². The molecule has 0 fully saturated rings. The van der Waals surface area contributed by atoms with Crippen LogP contribution in [-0.4, -0.2) is 10.0 Å². The smallest absolute Gasteiger partial charge is 0.292 e. The maximum absolute atomic E-state index is 11.1. The minimum atomic E-state index is -0.407. The first-order valence-corrected chi connectivity index (χ1v) is 7.15. The predicted octanol–water partition coefficient (Wildman–Crippen LogP) is 4.29. The first kappa shape index (κ1) is 15.3. The van der Waals surface area contributed by atoms with Crippen LogP contribution in [0, 0.1) is 24.0 Å². The molecule has 0 saturated heterocycles. The summed E-state index contributed by atoms with van der Waals surface area (Å²) in [7, 11) is 0. The minimum Gasteiger partial charge on any atom is -0.506 e. The Morgan fingerprint density at radius 1 is 1.29 bits per heavy atom. The number of phenolic OH excluding ortho intramolecular Hbond substituents is 1. The Hall–Kier alpha value is -2.08. The van der Waals surface area contributed by atoms with E-state index in [1.807, 2.05) is 13.8 Å². The molecular weight excluding hydrogens is 336 g/mol. The second-order valence-corrected chi connectivity index (χ2v) is 5.67. The van der Waals surface area contributed by atoms with Crippen molar-refractivity contribution >= 4 is 27.3 Å². The number of benzene rings is 2. The van der Waals surface area contributed by atoms with Crippen LogP contribution in [0.4, 0.5) is 11.4 Å². The van der Waals surface area contributed by atoms with Gasteiger partial charge in [0.2, 0.25) is 0 Å². The predicted molar refractivity (Wildman–Crippen MR) is 85.7 cm³/mol. The molecule has 0 aliphatic heterocycles. The van der Waals surface area contributed by atoms with Gasteiger partial charge in [0.05, 0.1) is 9.40 Å². The Morgan fingerprint density at radius 2 is 1.95 bits per heavy atom. The molecule has 0 spiro atoms. The molecular formula is C15H15BrN2O3. The van der Waals surface area contributed by atoms with Crippen LogP contribution in [0.3, 0.4) is 0 Å². The summed E-state index contributed by atoms with van der Waals surface area (Å²) in [5, 5.41) is 24.1. The van der Waals surface area contributed by atoms with E-state index in [2.05, 4.69) is 21.2 Å². The van der Waals surface area contributed by atoms with Crippen molar-refractivity contribution in [3.05, 3.63) is 61.6 Å². The first-order valence-electron chi connectivity index (χ1n) is 6.36. The van der Waals surface area contributed by atoms with Gasteiger partial charge in [0.15, 0.2) is 0 Å². The van der Waals surface area contributed by atoms with Crippen LogP contribution >= 0.6 is 15.9 Å². The second-order valence-electron chi connectivity index (χ2n) is 4.81. The van der Waals surface area contributed by atoms with Crippen LogP contribution in [-0.2, 0) is 6.54 Å². The standard InChI is InChI=1S/C15H15BrN2O3/c1-9-6-13(14(18(20)21)7-10(9)2)17-8-11-4-3-5-12(16)15(11)19/h3-7,17,19H,8H2,1-2H3. The van der Waals surface area contributed by atoms with E-state index in [0.717, 1.165) is 11.1 Å². The largest absolute Gasteiger partial charge is 0.506 e. The molecule has 0 amide bonds. The molecule has 110 valence electrons. The summed E-state index contributed by atoms with van der Waals surface area (Å²) in [5.74, 6) is 0.136. The number of nitrogens with one attached hydrogen (secondary N) is 1. The number of halogens is 1. The Kier molecular flexibility index (Phi) is 4.47. The number of aryl methyl sites for hydroxylation is 2. The lowest BCUT2D eigenvalue weighted by atomic mass is 10.1. The zero-order valence-electron chi connectivity index (χ0n) is 11.7. The summed E-state index contributed by atoms with van der Waals surface area (Å²) < 4.78 is 0.594. The highest BCUT2D eigenvalue weighted by molar-refractivity contribution is 9.10. The summed E-state index contributed by atoms with van der Waals surface area (Å²) in [4.78, 5) is 10.7. The topological polar surface area (TPSA) is 75.4 Å². The van der Waals surface area contributed by atoms with E-state index < -0.39 is 4.92 Å². The summed E-state index contributed by atoms with van der Waals surface area (Å²) in [6.45, 7) is 4.04. The summed E-state index contributed by atoms with van der Waals surface area (Å²) in [6, 6.07) is 8.60. The third-order valence-corrected chi connectivity index (χ3v) is 3.99.